The topological polar surface area (TPSA) is 89.2 Å². The van der Waals surface area contributed by atoms with Gasteiger partial charge in [-0.2, -0.15) is 9.29 Å². The minimum absolute atomic E-state index is 0.111. The van der Waals surface area contributed by atoms with Gasteiger partial charge in [-0.3, -0.25) is 4.98 Å². The highest BCUT2D eigenvalue weighted by Crippen LogP contribution is 2.35. The Balaban J connectivity index is 1.47. The van der Waals surface area contributed by atoms with Crippen LogP contribution in [-0.4, -0.2) is 40.9 Å². The summed E-state index contributed by atoms with van der Waals surface area (Å²) >= 11 is 6.86. The van der Waals surface area contributed by atoms with Crippen molar-refractivity contribution in [3.63, 3.8) is 0 Å². The highest BCUT2D eigenvalue weighted by Gasteiger charge is 2.41. The van der Waals surface area contributed by atoms with Crippen molar-refractivity contribution in [3.05, 3.63) is 46.8 Å². The Morgan fingerprint density at radius 1 is 1.25 bits per heavy atom. The average molecular weight is 383 g/mol. The molecule has 0 aliphatic carbocycles. The van der Waals surface area contributed by atoms with Crippen molar-refractivity contribution in [3.8, 4) is 11.5 Å². The van der Waals surface area contributed by atoms with Crippen LogP contribution in [0.25, 0.3) is 11.5 Å². The molecule has 1 saturated heterocycles. The lowest BCUT2D eigenvalue weighted by Gasteiger charge is -2.35. The maximum atomic E-state index is 12.4. The normalized spacial score (nSPS) is 16.2. The largest absolute Gasteiger partial charge is 0.339 e. The summed E-state index contributed by atoms with van der Waals surface area (Å²) < 4.78 is 32.2. The van der Waals surface area contributed by atoms with Crippen LogP contribution in [-0.2, 0) is 10.0 Å². The first-order chi connectivity index (χ1) is 11.5. The van der Waals surface area contributed by atoms with E-state index in [0.29, 0.717) is 34.8 Å². The first-order valence-corrected chi connectivity index (χ1v) is 9.68. The molecule has 3 aromatic rings. The molecule has 4 heterocycles. The molecule has 4 rings (SSSR count). The van der Waals surface area contributed by atoms with Crippen LogP contribution in [0.15, 0.2) is 45.3 Å². The van der Waals surface area contributed by atoms with Gasteiger partial charge in [0.1, 0.15) is 9.90 Å². The van der Waals surface area contributed by atoms with Gasteiger partial charge in [0.15, 0.2) is 0 Å². The third-order valence-corrected chi connectivity index (χ3v) is 7.21. The Hall–Kier alpha value is -1.81. The zero-order chi connectivity index (χ0) is 16.7. The van der Waals surface area contributed by atoms with Gasteiger partial charge in [-0.1, -0.05) is 22.8 Å². The van der Waals surface area contributed by atoms with Crippen molar-refractivity contribution < 1.29 is 12.9 Å². The Morgan fingerprint density at radius 3 is 2.75 bits per heavy atom. The van der Waals surface area contributed by atoms with Crippen LogP contribution in [0.5, 0.6) is 0 Å². The number of thiophene rings is 1. The molecular weight excluding hydrogens is 372 g/mol. The van der Waals surface area contributed by atoms with Crippen LogP contribution in [0.3, 0.4) is 0 Å². The Morgan fingerprint density at radius 2 is 2.08 bits per heavy atom. The summed E-state index contributed by atoms with van der Waals surface area (Å²) in [4.78, 5) is 8.47. The maximum absolute atomic E-state index is 12.4. The van der Waals surface area contributed by atoms with Crippen molar-refractivity contribution >= 4 is 33.0 Å². The molecule has 24 heavy (non-hydrogen) atoms. The second-order valence-corrected chi connectivity index (χ2v) is 9.13. The summed E-state index contributed by atoms with van der Waals surface area (Å²) in [6, 6.07) is 8.51. The molecular formula is C14H11ClN4O3S2. The molecule has 3 aromatic heterocycles. The van der Waals surface area contributed by atoms with Crippen molar-refractivity contribution in [2.24, 2.45) is 0 Å². The fraction of sp³-hybridized carbons (Fsp3) is 0.214. The predicted octanol–water partition coefficient (Wildman–Crippen LogP) is 2.63. The number of hydrogen-bond donors (Lipinski definition) is 0. The second kappa shape index (κ2) is 5.92. The van der Waals surface area contributed by atoms with Gasteiger partial charge in [-0.15, -0.1) is 11.3 Å². The number of pyridine rings is 1. The maximum Gasteiger partial charge on any atom is 0.252 e. The summed E-state index contributed by atoms with van der Waals surface area (Å²) in [5, 5.41) is 3.91. The molecule has 10 heteroatoms. The molecule has 0 saturated carbocycles. The van der Waals surface area contributed by atoms with Gasteiger partial charge in [0, 0.05) is 19.3 Å². The lowest BCUT2D eigenvalue weighted by molar-refractivity contribution is 0.217. The molecule has 0 bridgehead atoms. The Kier molecular flexibility index (Phi) is 3.87. The van der Waals surface area contributed by atoms with E-state index in [1.165, 1.54) is 10.4 Å². The summed E-state index contributed by atoms with van der Waals surface area (Å²) in [6.45, 7) is 0.614. The van der Waals surface area contributed by atoms with E-state index in [4.69, 9.17) is 16.1 Å². The minimum Gasteiger partial charge on any atom is -0.339 e. The summed E-state index contributed by atoms with van der Waals surface area (Å²) in [7, 11) is -3.50. The van der Waals surface area contributed by atoms with Crippen LogP contribution in [0.1, 0.15) is 11.8 Å². The molecule has 0 amide bonds. The van der Waals surface area contributed by atoms with Crippen LogP contribution in [0.4, 0.5) is 0 Å². The standard InChI is InChI=1S/C14H11ClN4O3S2/c15-11-4-5-12(23-11)24(20,21)19-7-9(8-19)14-17-13(18-22-14)10-3-1-2-6-16-10/h1-6,9H,7-8H2. The van der Waals surface area contributed by atoms with E-state index in [9.17, 15) is 8.42 Å². The minimum atomic E-state index is -3.50. The molecule has 0 atom stereocenters. The van der Waals surface area contributed by atoms with Crippen molar-refractivity contribution in [2.75, 3.05) is 13.1 Å². The molecule has 7 nitrogen and oxygen atoms in total. The summed E-state index contributed by atoms with van der Waals surface area (Å²) in [5.74, 6) is 0.712. The van der Waals surface area contributed by atoms with E-state index < -0.39 is 10.0 Å². The van der Waals surface area contributed by atoms with Gasteiger partial charge in [0.25, 0.3) is 10.0 Å². The van der Waals surface area contributed by atoms with Gasteiger partial charge < -0.3 is 4.52 Å². The Labute approximate surface area is 147 Å². The zero-order valence-corrected chi connectivity index (χ0v) is 14.6. The summed E-state index contributed by atoms with van der Waals surface area (Å²) in [5.41, 5.74) is 0.615. The van der Waals surface area contributed by atoms with Crippen molar-refractivity contribution in [1.82, 2.24) is 19.4 Å². The van der Waals surface area contributed by atoms with Gasteiger partial charge in [0.05, 0.1) is 10.3 Å². The van der Waals surface area contributed by atoms with Crippen LogP contribution < -0.4 is 0 Å². The lowest BCUT2D eigenvalue weighted by atomic mass is 10.0. The van der Waals surface area contributed by atoms with Crippen LogP contribution in [0.2, 0.25) is 4.34 Å². The predicted molar refractivity (Wildman–Crippen MR) is 88.4 cm³/mol. The fourth-order valence-electron chi connectivity index (χ4n) is 2.35. The third kappa shape index (κ3) is 2.73. The fourth-order valence-corrected chi connectivity index (χ4v) is 5.52. The van der Waals surface area contributed by atoms with Gasteiger partial charge in [0.2, 0.25) is 11.7 Å². The number of sulfonamides is 1. The van der Waals surface area contributed by atoms with Gasteiger partial charge in [-0.25, -0.2) is 8.42 Å². The Bertz CT molecular complexity index is 965. The number of nitrogens with zero attached hydrogens (tertiary/aromatic N) is 4. The molecule has 0 spiro atoms. The molecule has 0 aromatic carbocycles. The van der Waals surface area contributed by atoms with Crippen molar-refractivity contribution in [1.29, 1.82) is 0 Å². The smallest absolute Gasteiger partial charge is 0.252 e. The van der Waals surface area contributed by atoms with Gasteiger partial charge >= 0.3 is 0 Å². The van der Waals surface area contributed by atoms with Crippen molar-refractivity contribution in [2.45, 2.75) is 10.1 Å². The monoisotopic (exact) mass is 382 g/mol. The first-order valence-electron chi connectivity index (χ1n) is 7.04. The molecule has 124 valence electrons. The van der Waals surface area contributed by atoms with E-state index in [1.54, 1.807) is 24.4 Å². The third-order valence-electron chi connectivity index (χ3n) is 3.68. The SMILES string of the molecule is O=S(=O)(c1ccc(Cl)s1)N1CC(c2nc(-c3ccccn3)no2)C1. The van der Waals surface area contributed by atoms with Gasteiger partial charge in [-0.05, 0) is 24.3 Å². The van der Waals surface area contributed by atoms with E-state index in [2.05, 4.69) is 15.1 Å². The van der Waals surface area contributed by atoms with E-state index in [0.717, 1.165) is 11.3 Å². The number of halogens is 1. The molecule has 0 radical (unpaired) electrons. The first kappa shape index (κ1) is 15.7. The van der Waals surface area contributed by atoms with Crippen LogP contribution >= 0.6 is 22.9 Å². The molecule has 1 aliphatic rings. The second-order valence-electron chi connectivity index (χ2n) is 5.25. The molecule has 0 N–H and O–H groups in total. The zero-order valence-electron chi connectivity index (χ0n) is 12.2. The average Bonchev–Trinajstić information content (AvgIpc) is 3.16. The van der Waals surface area contributed by atoms with E-state index in [1.807, 2.05) is 6.07 Å². The number of rotatable bonds is 4. The molecule has 0 unspecified atom stereocenters. The highest BCUT2D eigenvalue weighted by molar-refractivity contribution is 7.91. The highest BCUT2D eigenvalue weighted by atomic mass is 35.5. The number of aromatic nitrogens is 3. The quantitative estimate of drug-likeness (QED) is 0.689. The van der Waals surface area contributed by atoms with Crippen LogP contribution in [0, 0.1) is 0 Å². The number of hydrogen-bond acceptors (Lipinski definition) is 7. The molecule has 1 aliphatic heterocycles. The molecule has 1 fully saturated rings. The van der Waals surface area contributed by atoms with E-state index in [-0.39, 0.29) is 10.1 Å². The lowest BCUT2D eigenvalue weighted by Crippen LogP contribution is -2.48. The van der Waals surface area contributed by atoms with E-state index >= 15 is 0 Å². The summed E-state index contributed by atoms with van der Waals surface area (Å²) in [6.07, 6.45) is 1.65.